The summed E-state index contributed by atoms with van der Waals surface area (Å²) in [6.07, 6.45) is 0. The molecule has 8 heteroatoms. The summed E-state index contributed by atoms with van der Waals surface area (Å²) in [5.41, 5.74) is 3.20. The van der Waals surface area contributed by atoms with Crippen molar-refractivity contribution in [3.8, 4) is 5.75 Å². The molecule has 0 fully saturated rings. The van der Waals surface area contributed by atoms with Gasteiger partial charge in [0.05, 0.1) is 12.0 Å². The summed E-state index contributed by atoms with van der Waals surface area (Å²) in [6.45, 7) is 0. The highest BCUT2D eigenvalue weighted by atomic mass is 32.2. The molecule has 0 atom stereocenters. The number of thiocarbonyl (C=S) groups is 1. The quantitative estimate of drug-likeness (QED) is 0.571. The molecule has 3 N–H and O–H groups in total. The molecule has 2 aromatic rings. The minimum absolute atomic E-state index is 0.100. The SMILES string of the molecule is COc1ccc(S(=O)(=O)NNC(=S)Nc2ccccc2)cc1. The summed E-state index contributed by atoms with van der Waals surface area (Å²) < 4.78 is 29.2. The van der Waals surface area contributed by atoms with Crippen molar-refractivity contribution in [1.82, 2.24) is 10.3 Å². The van der Waals surface area contributed by atoms with Crippen LogP contribution in [0.15, 0.2) is 59.5 Å². The molecule has 0 unspecified atom stereocenters. The summed E-state index contributed by atoms with van der Waals surface area (Å²) >= 11 is 5.02. The first-order valence-electron chi connectivity index (χ1n) is 6.29. The maximum absolute atomic E-state index is 12.1. The highest BCUT2D eigenvalue weighted by molar-refractivity contribution is 7.89. The molecule has 0 spiro atoms. The van der Waals surface area contributed by atoms with Crippen LogP contribution in [0.2, 0.25) is 0 Å². The normalized spacial score (nSPS) is 10.8. The number of anilines is 1. The lowest BCUT2D eigenvalue weighted by Crippen LogP contribution is -2.43. The van der Waals surface area contributed by atoms with Gasteiger partial charge in [-0.3, -0.25) is 5.43 Å². The Morgan fingerprint density at radius 3 is 2.27 bits per heavy atom. The van der Waals surface area contributed by atoms with Gasteiger partial charge in [0, 0.05) is 5.69 Å². The Bertz CT molecular complexity index is 732. The third-order valence-electron chi connectivity index (χ3n) is 2.70. The van der Waals surface area contributed by atoms with Crippen molar-refractivity contribution < 1.29 is 13.2 Å². The minimum Gasteiger partial charge on any atom is -0.497 e. The number of benzene rings is 2. The molecule has 116 valence electrons. The number of para-hydroxylation sites is 1. The van der Waals surface area contributed by atoms with Gasteiger partial charge in [-0.05, 0) is 48.6 Å². The van der Waals surface area contributed by atoms with Gasteiger partial charge in [-0.1, -0.05) is 18.2 Å². The fourth-order valence-electron chi connectivity index (χ4n) is 1.61. The van der Waals surface area contributed by atoms with Crippen molar-refractivity contribution in [2.45, 2.75) is 4.90 Å². The van der Waals surface area contributed by atoms with E-state index in [1.54, 1.807) is 12.1 Å². The van der Waals surface area contributed by atoms with Gasteiger partial charge >= 0.3 is 0 Å². The predicted molar refractivity (Wildman–Crippen MR) is 89.1 cm³/mol. The lowest BCUT2D eigenvalue weighted by molar-refractivity contribution is 0.414. The van der Waals surface area contributed by atoms with E-state index in [1.807, 2.05) is 30.3 Å². The third kappa shape index (κ3) is 4.42. The van der Waals surface area contributed by atoms with Crippen LogP contribution < -0.4 is 20.3 Å². The number of hydrogen-bond acceptors (Lipinski definition) is 4. The molecular weight excluding hydrogens is 322 g/mol. The van der Waals surface area contributed by atoms with E-state index in [4.69, 9.17) is 17.0 Å². The van der Waals surface area contributed by atoms with Crippen molar-refractivity contribution in [2.24, 2.45) is 0 Å². The second-order valence-corrected chi connectivity index (χ2v) is 6.32. The van der Waals surface area contributed by atoms with E-state index < -0.39 is 10.0 Å². The van der Waals surface area contributed by atoms with Crippen molar-refractivity contribution in [3.63, 3.8) is 0 Å². The van der Waals surface area contributed by atoms with Crippen molar-refractivity contribution in [3.05, 3.63) is 54.6 Å². The van der Waals surface area contributed by atoms with E-state index >= 15 is 0 Å². The number of sulfonamides is 1. The molecule has 2 aromatic carbocycles. The third-order valence-corrected chi connectivity index (χ3v) is 4.17. The largest absolute Gasteiger partial charge is 0.497 e. The van der Waals surface area contributed by atoms with Crippen LogP contribution in [0.4, 0.5) is 5.69 Å². The number of rotatable bonds is 5. The monoisotopic (exact) mass is 337 g/mol. The summed E-state index contributed by atoms with van der Waals surface area (Å²) in [5.74, 6) is 0.577. The van der Waals surface area contributed by atoms with Crippen LogP contribution in [0.5, 0.6) is 5.75 Å². The average Bonchev–Trinajstić information content (AvgIpc) is 2.54. The van der Waals surface area contributed by atoms with Gasteiger partial charge in [-0.2, -0.15) is 0 Å². The van der Waals surface area contributed by atoms with E-state index in [2.05, 4.69) is 15.6 Å². The average molecular weight is 337 g/mol. The molecule has 0 radical (unpaired) electrons. The molecule has 0 aliphatic carbocycles. The molecule has 0 saturated heterocycles. The smallest absolute Gasteiger partial charge is 0.257 e. The first-order chi connectivity index (χ1) is 10.5. The number of hydrazine groups is 1. The Hall–Kier alpha value is -2.16. The summed E-state index contributed by atoms with van der Waals surface area (Å²) in [4.78, 5) is 2.31. The first kappa shape index (κ1) is 16.2. The number of nitrogens with one attached hydrogen (secondary N) is 3. The lowest BCUT2D eigenvalue weighted by Gasteiger charge is -2.12. The van der Waals surface area contributed by atoms with Crippen molar-refractivity contribution in [2.75, 3.05) is 12.4 Å². The van der Waals surface area contributed by atoms with Crippen molar-refractivity contribution >= 4 is 33.0 Å². The Morgan fingerprint density at radius 2 is 1.68 bits per heavy atom. The Balaban J connectivity index is 1.95. The fourth-order valence-corrected chi connectivity index (χ4v) is 2.69. The van der Waals surface area contributed by atoms with Crippen LogP contribution in [0, 0.1) is 0 Å². The van der Waals surface area contributed by atoms with Crippen LogP contribution in [0.25, 0.3) is 0 Å². The predicted octanol–water partition coefficient (Wildman–Crippen LogP) is 1.88. The molecule has 0 amide bonds. The van der Waals surface area contributed by atoms with Gasteiger partial charge in [0.25, 0.3) is 10.0 Å². The fraction of sp³-hybridized carbons (Fsp3) is 0.0714. The molecule has 0 saturated carbocycles. The topological polar surface area (TPSA) is 79.5 Å². The molecule has 0 aliphatic rings. The maximum Gasteiger partial charge on any atom is 0.257 e. The highest BCUT2D eigenvalue weighted by Crippen LogP contribution is 2.14. The van der Waals surface area contributed by atoms with E-state index in [0.717, 1.165) is 5.69 Å². The lowest BCUT2D eigenvalue weighted by atomic mass is 10.3. The zero-order valence-electron chi connectivity index (χ0n) is 11.7. The van der Waals surface area contributed by atoms with Gasteiger partial charge in [0.15, 0.2) is 5.11 Å². The summed E-state index contributed by atoms with van der Waals surface area (Å²) in [7, 11) is -2.21. The van der Waals surface area contributed by atoms with Crippen LogP contribution >= 0.6 is 12.2 Å². The molecule has 0 bridgehead atoms. The van der Waals surface area contributed by atoms with Crippen LogP contribution in [-0.4, -0.2) is 20.6 Å². The number of methoxy groups -OCH3 is 1. The minimum atomic E-state index is -3.72. The Labute approximate surface area is 134 Å². The van der Waals surface area contributed by atoms with E-state index in [0.29, 0.717) is 5.75 Å². The van der Waals surface area contributed by atoms with Crippen LogP contribution in [0.1, 0.15) is 0 Å². The van der Waals surface area contributed by atoms with Crippen molar-refractivity contribution in [1.29, 1.82) is 0 Å². The second-order valence-electron chi connectivity index (χ2n) is 4.23. The Morgan fingerprint density at radius 1 is 1.05 bits per heavy atom. The van der Waals surface area contributed by atoms with E-state index in [-0.39, 0.29) is 10.0 Å². The molecule has 0 aliphatic heterocycles. The molecule has 0 aromatic heterocycles. The highest BCUT2D eigenvalue weighted by Gasteiger charge is 2.14. The molecule has 22 heavy (non-hydrogen) atoms. The van der Waals surface area contributed by atoms with E-state index in [9.17, 15) is 8.42 Å². The standard InChI is InChI=1S/C14H15N3O3S2/c1-20-12-7-9-13(10-8-12)22(18,19)17-16-14(21)15-11-5-3-2-4-6-11/h2-10,17H,1H3,(H2,15,16,21). The number of ether oxygens (including phenoxy) is 1. The van der Waals surface area contributed by atoms with Crippen LogP contribution in [0.3, 0.4) is 0 Å². The molecular formula is C14H15N3O3S2. The van der Waals surface area contributed by atoms with Gasteiger partial charge in [0.2, 0.25) is 0 Å². The van der Waals surface area contributed by atoms with Gasteiger partial charge in [-0.25, -0.2) is 8.42 Å². The zero-order valence-corrected chi connectivity index (χ0v) is 13.4. The molecule has 2 rings (SSSR count). The summed E-state index contributed by atoms with van der Waals surface area (Å²) in [5, 5.41) is 3.00. The van der Waals surface area contributed by atoms with Crippen LogP contribution in [-0.2, 0) is 10.0 Å². The zero-order chi connectivity index (χ0) is 16.0. The second kappa shape index (κ2) is 7.21. The first-order valence-corrected chi connectivity index (χ1v) is 8.18. The molecule has 0 heterocycles. The number of hydrogen-bond donors (Lipinski definition) is 3. The summed E-state index contributed by atoms with van der Waals surface area (Å²) in [6, 6.07) is 15.2. The van der Waals surface area contributed by atoms with Gasteiger partial charge in [-0.15, -0.1) is 4.83 Å². The van der Waals surface area contributed by atoms with Gasteiger partial charge in [0.1, 0.15) is 5.75 Å². The van der Waals surface area contributed by atoms with E-state index in [1.165, 1.54) is 19.2 Å². The molecule has 6 nitrogen and oxygen atoms in total. The Kier molecular flexibility index (Phi) is 5.31. The maximum atomic E-state index is 12.1. The van der Waals surface area contributed by atoms with Gasteiger partial charge < -0.3 is 10.1 Å².